The van der Waals surface area contributed by atoms with Crippen LogP contribution in [0.5, 0.6) is 0 Å². The standard InChI is InChI=1S/C14H18N2O4/c1-3-16-11-5-4-10(6-9(11)7-13(16)18)15-8-12(17)14(19)20-2/h4-6,12,15,17H,3,7-8H2,1-2H3. The van der Waals surface area contributed by atoms with E-state index in [-0.39, 0.29) is 12.5 Å². The van der Waals surface area contributed by atoms with Crippen molar-refractivity contribution in [3.8, 4) is 0 Å². The summed E-state index contributed by atoms with van der Waals surface area (Å²) in [7, 11) is 1.23. The largest absolute Gasteiger partial charge is 0.467 e. The summed E-state index contributed by atoms with van der Waals surface area (Å²) in [6.45, 7) is 2.66. The van der Waals surface area contributed by atoms with Crippen LogP contribution in [-0.2, 0) is 20.7 Å². The van der Waals surface area contributed by atoms with Gasteiger partial charge in [-0.05, 0) is 30.7 Å². The molecule has 1 atom stereocenters. The molecule has 1 unspecified atom stereocenters. The highest BCUT2D eigenvalue weighted by atomic mass is 16.5. The molecule has 0 saturated heterocycles. The number of benzene rings is 1. The summed E-state index contributed by atoms with van der Waals surface area (Å²) in [5, 5.41) is 12.5. The Kier molecular flexibility index (Phi) is 4.24. The fraction of sp³-hybridized carbons (Fsp3) is 0.429. The van der Waals surface area contributed by atoms with E-state index < -0.39 is 12.1 Å². The number of aliphatic hydroxyl groups excluding tert-OH is 1. The maximum absolute atomic E-state index is 11.8. The quantitative estimate of drug-likeness (QED) is 0.769. The Hall–Kier alpha value is -2.08. The number of nitrogens with zero attached hydrogens (tertiary/aromatic N) is 1. The number of ether oxygens (including phenoxy) is 1. The third-order valence-corrected chi connectivity index (χ3v) is 3.30. The Morgan fingerprint density at radius 3 is 2.95 bits per heavy atom. The van der Waals surface area contributed by atoms with Crippen molar-refractivity contribution in [1.29, 1.82) is 0 Å². The number of carbonyl (C=O) groups is 2. The number of esters is 1. The van der Waals surface area contributed by atoms with Crippen molar-refractivity contribution >= 4 is 23.3 Å². The van der Waals surface area contributed by atoms with Crippen LogP contribution in [0.15, 0.2) is 18.2 Å². The molecule has 0 spiro atoms. The van der Waals surface area contributed by atoms with Crippen LogP contribution in [0.2, 0.25) is 0 Å². The minimum Gasteiger partial charge on any atom is -0.467 e. The van der Waals surface area contributed by atoms with E-state index in [9.17, 15) is 14.7 Å². The smallest absolute Gasteiger partial charge is 0.336 e. The molecule has 6 heteroatoms. The number of nitrogens with one attached hydrogen (secondary N) is 1. The molecule has 0 saturated carbocycles. The van der Waals surface area contributed by atoms with Crippen molar-refractivity contribution in [1.82, 2.24) is 0 Å². The summed E-state index contributed by atoms with van der Waals surface area (Å²) < 4.78 is 4.44. The van der Waals surface area contributed by atoms with Crippen molar-refractivity contribution < 1.29 is 19.4 Å². The monoisotopic (exact) mass is 278 g/mol. The summed E-state index contributed by atoms with van der Waals surface area (Å²) in [5.74, 6) is -0.583. The topological polar surface area (TPSA) is 78.9 Å². The summed E-state index contributed by atoms with van der Waals surface area (Å²) in [6.07, 6.45) is -0.819. The molecule has 0 aliphatic carbocycles. The van der Waals surface area contributed by atoms with E-state index in [4.69, 9.17) is 0 Å². The SMILES string of the molecule is CCN1C(=O)Cc2cc(NCC(O)C(=O)OC)ccc21. The molecule has 0 radical (unpaired) electrons. The summed E-state index contributed by atoms with van der Waals surface area (Å²) in [6, 6.07) is 5.56. The summed E-state index contributed by atoms with van der Waals surface area (Å²) in [5.41, 5.74) is 2.64. The number of rotatable bonds is 5. The van der Waals surface area contributed by atoms with E-state index in [0.29, 0.717) is 13.0 Å². The second kappa shape index (κ2) is 5.92. The van der Waals surface area contributed by atoms with Crippen LogP contribution in [0.25, 0.3) is 0 Å². The first kappa shape index (κ1) is 14.3. The molecule has 0 aromatic heterocycles. The predicted octanol–water partition coefficient (Wildman–Crippen LogP) is 0.541. The molecule has 1 aromatic carbocycles. The minimum atomic E-state index is -1.21. The zero-order chi connectivity index (χ0) is 14.7. The second-order valence-electron chi connectivity index (χ2n) is 4.58. The van der Waals surface area contributed by atoms with Crippen LogP contribution in [0.4, 0.5) is 11.4 Å². The molecule has 2 N–H and O–H groups in total. The lowest BCUT2D eigenvalue weighted by molar-refractivity contribution is -0.149. The molecule has 2 rings (SSSR count). The van der Waals surface area contributed by atoms with Gasteiger partial charge in [-0.2, -0.15) is 0 Å². The first-order chi connectivity index (χ1) is 9.56. The zero-order valence-corrected chi connectivity index (χ0v) is 11.5. The van der Waals surface area contributed by atoms with Crippen LogP contribution in [0, 0.1) is 0 Å². The lowest BCUT2D eigenvalue weighted by atomic mass is 10.1. The number of amides is 1. The maximum atomic E-state index is 11.8. The Bertz CT molecular complexity index is 530. The lowest BCUT2D eigenvalue weighted by Gasteiger charge is -2.15. The number of hydrogen-bond donors (Lipinski definition) is 2. The van der Waals surface area contributed by atoms with Gasteiger partial charge in [-0.15, -0.1) is 0 Å². The van der Waals surface area contributed by atoms with Gasteiger partial charge in [0.15, 0.2) is 6.10 Å². The van der Waals surface area contributed by atoms with E-state index in [1.165, 1.54) is 7.11 Å². The average Bonchev–Trinajstić information content (AvgIpc) is 2.77. The Morgan fingerprint density at radius 1 is 1.55 bits per heavy atom. The van der Waals surface area contributed by atoms with Gasteiger partial charge in [0.05, 0.1) is 20.1 Å². The highest BCUT2D eigenvalue weighted by Gasteiger charge is 2.26. The molecule has 0 fully saturated rings. The van der Waals surface area contributed by atoms with E-state index in [2.05, 4.69) is 10.1 Å². The molecule has 1 aliphatic heterocycles. The highest BCUT2D eigenvalue weighted by molar-refractivity contribution is 6.01. The number of carbonyl (C=O) groups excluding carboxylic acids is 2. The number of aliphatic hydroxyl groups is 1. The molecular weight excluding hydrogens is 260 g/mol. The molecular formula is C14H18N2O4. The first-order valence-electron chi connectivity index (χ1n) is 6.49. The molecule has 108 valence electrons. The average molecular weight is 278 g/mol. The van der Waals surface area contributed by atoms with Crippen molar-refractivity contribution in [2.75, 3.05) is 30.4 Å². The maximum Gasteiger partial charge on any atom is 0.336 e. The van der Waals surface area contributed by atoms with Crippen LogP contribution < -0.4 is 10.2 Å². The predicted molar refractivity (Wildman–Crippen MR) is 74.7 cm³/mol. The lowest BCUT2D eigenvalue weighted by Crippen LogP contribution is -2.29. The fourth-order valence-corrected chi connectivity index (χ4v) is 2.27. The van der Waals surface area contributed by atoms with Crippen LogP contribution in [0.3, 0.4) is 0 Å². The van der Waals surface area contributed by atoms with Gasteiger partial charge in [0.2, 0.25) is 5.91 Å². The van der Waals surface area contributed by atoms with Crippen LogP contribution in [-0.4, -0.2) is 43.3 Å². The molecule has 1 aliphatic rings. The fourth-order valence-electron chi connectivity index (χ4n) is 2.27. The van der Waals surface area contributed by atoms with Crippen molar-refractivity contribution in [3.63, 3.8) is 0 Å². The van der Waals surface area contributed by atoms with Crippen LogP contribution >= 0.6 is 0 Å². The van der Waals surface area contributed by atoms with Gasteiger partial charge in [0.1, 0.15) is 0 Å². The normalized spacial score (nSPS) is 14.9. The van der Waals surface area contributed by atoms with E-state index in [1.807, 2.05) is 25.1 Å². The van der Waals surface area contributed by atoms with Gasteiger partial charge >= 0.3 is 5.97 Å². The molecule has 6 nitrogen and oxygen atoms in total. The third-order valence-electron chi connectivity index (χ3n) is 3.30. The van der Waals surface area contributed by atoms with E-state index >= 15 is 0 Å². The molecule has 1 heterocycles. The van der Waals surface area contributed by atoms with Gasteiger partial charge in [-0.25, -0.2) is 4.79 Å². The van der Waals surface area contributed by atoms with E-state index in [1.54, 1.807) is 4.90 Å². The zero-order valence-electron chi connectivity index (χ0n) is 11.5. The molecule has 0 bridgehead atoms. The number of likely N-dealkylation sites (N-methyl/N-ethyl adjacent to an activating group) is 1. The summed E-state index contributed by atoms with van der Waals surface area (Å²) in [4.78, 5) is 24.6. The van der Waals surface area contributed by atoms with Crippen LogP contribution in [0.1, 0.15) is 12.5 Å². The van der Waals surface area contributed by atoms with Gasteiger partial charge < -0.3 is 20.1 Å². The second-order valence-corrected chi connectivity index (χ2v) is 4.58. The van der Waals surface area contributed by atoms with Crippen molar-refractivity contribution in [2.45, 2.75) is 19.4 Å². The number of fused-ring (bicyclic) bond motifs is 1. The Morgan fingerprint density at radius 2 is 2.30 bits per heavy atom. The molecule has 20 heavy (non-hydrogen) atoms. The van der Waals surface area contributed by atoms with Gasteiger partial charge in [-0.1, -0.05) is 0 Å². The van der Waals surface area contributed by atoms with Gasteiger partial charge in [0.25, 0.3) is 0 Å². The minimum absolute atomic E-state index is 0.0664. The number of hydrogen-bond acceptors (Lipinski definition) is 5. The van der Waals surface area contributed by atoms with Crippen molar-refractivity contribution in [3.05, 3.63) is 23.8 Å². The molecule has 1 amide bonds. The van der Waals surface area contributed by atoms with Crippen molar-refractivity contribution in [2.24, 2.45) is 0 Å². The number of anilines is 2. The number of methoxy groups -OCH3 is 1. The molecule has 1 aromatic rings. The van der Waals surface area contributed by atoms with Gasteiger partial charge in [-0.3, -0.25) is 4.79 Å². The Balaban J connectivity index is 2.04. The van der Waals surface area contributed by atoms with E-state index in [0.717, 1.165) is 16.9 Å². The van der Waals surface area contributed by atoms with Gasteiger partial charge in [0, 0.05) is 17.9 Å². The highest BCUT2D eigenvalue weighted by Crippen LogP contribution is 2.30. The summed E-state index contributed by atoms with van der Waals surface area (Å²) >= 11 is 0. The Labute approximate surface area is 117 Å². The third kappa shape index (κ3) is 2.75. The first-order valence-corrected chi connectivity index (χ1v) is 6.49.